The maximum Gasteiger partial charge on any atom is 0.324 e. The fourth-order valence-electron chi connectivity index (χ4n) is 5.64. The molecule has 16 heteroatoms. The highest BCUT2D eigenvalue weighted by Gasteiger charge is 2.47. The lowest BCUT2D eigenvalue weighted by atomic mass is 9.82. The van der Waals surface area contributed by atoms with Gasteiger partial charge in [-0.3, -0.25) is 28.8 Å². The highest BCUT2D eigenvalue weighted by Crippen LogP contribution is 2.43. The molecule has 2 aromatic heterocycles. The Balaban J connectivity index is 1.66. The topological polar surface area (TPSA) is 232 Å². The first-order valence-corrected chi connectivity index (χ1v) is 17.8. The van der Waals surface area contributed by atoms with Crippen LogP contribution in [-0.4, -0.2) is 83.9 Å². The average Bonchev–Trinajstić information content (AvgIpc) is 3.47. The van der Waals surface area contributed by atoms with Crippen molar-refractivity contribution < 1.29 is 24.4 Å². The summed E-state index contributed by atoms with van der Waals surface area (Å²) < 4.78 is 16.7. The molecule has 4 aromatic rings. The molecular weight excluding hydrogens is 649 g/mol. The number of aromatic amines is 1. The van der Waals surface area contributed by atoms with Crippen molar-refractivity contribution >= 4 is 36.5 Å². The number of aliphatic carboxylic acids is 2. The van der Waals surface area contributed by atoms with Crippen LogP contribution in [0.2, 0.25) is 0 Å². The second-order valence-electron chi connectivity index (χ2n) is 12.2. The molecule has 0 spiro atoms. The Hall–Kier alpha value is -4.87. The third-order valence-corrected chi connectivity index (χ3v) is 10.8. The molecule has 3 atom stereocenters. The second kappa shape index (κ2) is 16.5. The van der Waals surface area contributed by atoms with E-state index in [0.717, 1.165) is 0 Å². The summed E-state index contributed by atoms with van der Waals surface area (Å²) in [4.78, 5) is 50.5. The van der Waals surface area contributed by atoms with E-state index >= 15 is 4.57 Å². The van der Waals surface area contributed by atoms with Crippen LogP contribution in [0.5, 0.6) is 0 Å². The van der Waals surface area contributed by atoms with Crippen LogP contribution in [0.4, 0.5) is 5.95 Å². The van der Waals surface area contributed by atoms with E-state index in [1.807, 2.05) is 11.0 Å². The van der Waals surface area contributed by atoms with Gasteiger partial charge in [-0.25, -0.2) is 15.2 Å². The SMILES string of the molecule is CC(C)[C@](Cc1ccccc1)(NP(=O)(CCN(CCC#N)CCn1cnc2c(=O)[nH]c(N)nc21)N[C@@H](Cc1ccccc1)C(=O)O)C(=O)O. The highest BCUT2D eigenvalue weighted by molar-refractivity contribution is 7.60. The van der Waals surface area contributed by atoms with Crippen molar-refractivity contribution in [3.8, 4) is 6.07 Å². The van der Waals surface area contributed by atoms with Gasteiger partial charge in [0, 0.05) is 45.2 Å². The van der Waals surface area contributed by atoms with Crippen LogP contribution < -0.4 is 21.5 Å². The summed E-state index contributed by atoms with van der Waals surface area (Å²) in [6.45, 7) is 4.42. The number of carbonyl (C=O) groups is 2. The van der Waals surface area contributed by atoms with Gasteiger partial charge in [0.1, 0.15) is 11.6 Å². The van der Waals surface area contributed by atoms with Gasteiger partial charge in [-0.05, 0) is 23.5 Å². The van der Waals surface area contributed by atoms with Crippen LogP contribution in [-0.2, 0) is 33.5 Å². The minimum absolute atomic E-state index is 0.00336. The first-order chi connectivity index (χ1) is 23.4. The van der Waals surface area contributed by atoms with Crippen molar-refractivity contribution in [1.82, 2.24) is 34.6 Å². The van der Waals surface area contributed by atoms with Crippen molar-refractivity contribution in [2.45, 2.75) is 51.2 Å². The minimum atomic E-state index is -4.03. The van der Waals surface area contributed by atoms with Crippen LogP contribution in [0, 0.1) is 17.2 Å². The molecule has 0 fully saturated rings. The van der Waals surface area contributed by atoms with Crippen LogP contribution in [0.15, 0.2) is 71.8 Å². The number of anilines is 1. The van der Waals surface area contributed by atoms with Gasteiger partial charge in [0.25, 0.3) is 5.56 Å². The molecule has 0 amide bonds. The lowest BCUT2D eigenvalue weighted by Crippen LogP contribution is -2.59. The Morgan fingerprint density at radius 1 is 1.08 bits per heavy atom. The number of nitrogen functional groups attached to an aromatic ring is 1. The molecule has 0 aliphatic carbocycles. The van der Waals surface area contributed by atoms with E-state index in [4.69, 9.17) is 5.73 Å². The minimum Gasteiger partial charge on any atom is -0.480 e. The molecule has 0 bridgehead atoms. The smallest absolute Gasteiger partial charge is 0.324 e. The third kappa shape index (κ3) is 9.61. The third-order valence-electron chi connectivity index (χ3n) is 8.44. The number of nitrogens with two attached hydrogens (primary N) is 1. The summed E-state index contributed by atoms with van der Waals surface area (Å²) in [5, 5.41) is 36.1. The lowest BCUT2D eigenvalue weighted by molar-refractivity contribution is -0.146. The number of nitrogens with one attached hydrogen (secondary N) is 3. The van der Waals surface area contributed by atoms with Gasteiger partial charge in [-0.15, -0.1) is 0 Å². The van der Waals surface area contributed by atoms with Gasteiger partial charge in [0.2, 0.25) is 13.4 Å². The van der Waals surface area contributed by atoms with Crippen molar-refractivity contribution in [2.75, 3.05) is 31.5 Å². The van der Waals surface area contributed by atoms with Crippen molar-refractivity contribution in [1.29, 1.82) is 5.26 Å². The molecule has 4 rings (SSSR count). The Kier molecular flexibility index (Phi) is 12.4. The molecule has 0 saturated carbocycles. The molecule has 7 N–H and O–H groups in total. The quantitative estimate of drug-likeness (QED) is 0.0778. The van der Waals surface area contributed by atoms with Gasteiger partial charge in [0.05, 0.1) is 12.4 Å². The molecule has 260 valence electrons. The zero-order chi connectivity index (χ0) is 35.6. The number of carboxylic acid groups (broad SMARTS) is 2. The van der Waals surface area contributed by atoms with Crippen LogP contribution in [0.3, 0.4) is 0 Å². The standard InChI is InChI=1S/C33H42N9O6P/c1-23(2)33(31(46)47,21-25-12-7-4-8-13-25)40-49(48,39-26(30(44)45)20-24-10-5-3-6-11-24)19-18-41(15-9-14-34)16-17-42-22-36-27-28(42)37-32(35)38-29(27)43/h3-8,10-13,22-23,26H,9,15-21H2,1-2H3,(H,44,45)(H,46,47)(H2,39,40,48)(H3,35,37,38,43)/t26-,33-,49?/m0/s1. The largest absolute Gasteiger partial charge is 0.480 e. The Morgan fingerprint density at radius 3 is 2.33 bits per heavy atom. The number of benzene rings is 2. The Morgan fingerprint density at radius 2 is 1.73 bits per heavy atom. The molecule has 2 heterocycles. The lowest BCUT2D eigenvalue weighted by Gasteiger charge is -2.39. The first-order valence-electron chi connectivity index (χ1n) is 15.9. The van der Waals surface area contributed by atoms with Gasteiger partial charge in [-0.1, -0.05) is 74.5 Å². The molecule has 2 aromatic carbocycles. The summed E-state index contributed by atoms with van der Waals surface area (Å²) in [6.07, 6.45) is 1.43. The molecule has 0 aliphatic heterocycles. The number of aromatic nitrogens is 4. The van der Waals surface area contributed by atoms with E-state index in [2.05, 4.69) is 31.2 Å². The average molecular weight is 692 g/mol. The van der Waals surface area contributed by atoms with E-state index in [1.54, 1.807) is 73.0 Å². The van der Waals surface area contributed by atoms with Crippen LogP contribution in [0.1, 0.15) is 31.4 Å². The van der Waals surface area contributed by atoms with Crippen molar-refractivity contribution in [3.63, 3.8) is 0 Å². The normalized spacial score (nSPS) is 14.7. The zero-order valence-corrected chi connectivity index (χ0v) is 28.3. The molecule has 0 radical (unpaired) electrons. The molecule has 1 unspecified atom stereocenters. The number of nitriles is 1. The number of nitrogens with zero attached hydrogens (tertiary/aromatic N) is 5. The number of hydrogen-bond acceptors (Lipinski definition) is 9. The number of imidazole rings is 1. The Bertz CT molecular complexity index is 1880. The summed E-state index contributed by atoms with van der Waals surface area (Å²) in [6, 6.07) is 18.6. The monoisotopic (exact) mass is 691 g/mol. The van der Waals surface area contributed by atoms with Gasteiger partial charge >= 0.3 is 11.9 Å². The first kappa shape index (κ1) is 37.0. The molecular formula is C33H42N9O6P. The van der Waals surface area contributed by atoms with E-state index < -0.39 is 42.4 Å². The fraction of sp³-hybridized carbons (Fsp3) is 0.394. The maximum atomic E-state index is 15.1. The molecule has 15 nitrogen and oxygen atoms in total. The number of rotatable bonds is 19. The molecule has 0 saturated heterocycles. The summed E-state index contributed by atoms with van der Waals surface area (Å²) >= 11 is 0. The summed E-state index contributed by atoms with van der Waals surface area (Å²) in [7, 11) is -4.03. The van der Waals surface area contributed by atoms with Crippen molar-refractivity contribution in [3.05, 3.63) is 88.5 Å². The van der Waals surface area contributed by atoms with E-state index in [0.29, 0.717) is 17.7 Å². The number of hydrogen-bond donors (Lipinski definition) is 6. The predicted octanol–water partition coefficient (Wildman–Crippen LogP) is 2.71. The second-order valence-corrected chi connectivity index (χ2v) is 14.6. The van der Waals surface area contributed by atoms with E-state index in [-0.39, 0.29) is 62.2 Å². The van der Waals surface area contributed by atoms with Gasteiger partial charge in [0.15, 0.2) is 11.2 Å². The predicted molar refractivity (Wildman–Crippen MR) is 185 cm³/mol. The summed E-state index contributed by atoms with van der Waals surface area (Å²) in [5.41, 5.74) is 5.33. The molecule has 49 heavy (non-hydrogen) atoms. The van der Waals surface area contributed by atoms with Gasteiger partial charge < -0.3 is 20.5 Å². The van der Waals surface area contributed by atoms with E-state index in [1.165, 1.54) is 6.33 Å². The van der Waals surface area contributed by atoms with Gasteiger partial charge in [-0.2, -0.15) is 10.2 Å². The maximum absolute atomic E-state index is 15.1. The molecule has 0 aliphatic rings. The zero-order valence-electron chi connectivity index (χ0n) is 27.5. The summed E-state index contributed by atoms with van der Waals surface area (Å²) in [5.74, 6) is -3.09. The highest BCUT2D eigenvalue weighted by atomic mass is 31.2. The van der Waals surface area contributed by atoms with Crippen LogP contribution in [0.25, 0.3) is 11.2 Å². The number of H-pyrrole nitrogens is 1. The Labute approximate surface area is 283 Å². The fourth-order valence-corrected chi connectivity index (χ4v) is 8.29. The van der Waals surface area contributed by atoms with Crippen molar-refractivity contribution in [2.24, 2.45) is 5.92 Å². The van der Waals surface area contributed by atoms with E-state index in [9.17, 15) is 29.9 Å². The number of fused-ring (bicyclic) bond motifs is 1. The van der Waals surface area contributed by atoms with Crippen LogP contribution >= 0.6 is 7.44 Å². The number of carboxylic acids is 2.